The Bertz CT molecular complexity index is 544. The molecule has 0 bridgehead atoms. The summed E-state index contributed by atoms with van der Waals surface area (Å²) in [6.45, 7) is 6.33. The normalized spacial score (nSPS) is 37.0. The van der Waals surface area contributed by atoms with Crippen molar-refractivity contribution < 1.29 is 29.3 Å². The Morgan fingerprint density at radius 3 is 2.62 bits per heavy atom. The van der Waals surface area contributed by atoms with Crippen molar-refractivity contribution in [3.05, 3.63) is 24.3 Å². The molecule has 6 nitrogen and oxygen atoms in total. The monoisotopic (exact) mass is 294 g/mol. The summed E-state index contributed by atoms with van der Waals surface area (Å²) >= 11 is 0. The third-order valence-corrected chi connectivity index (χ3v) is 4.02. The largest absolute Gasteiger partial charge is 0.457 e. The summed E-state index contributed by atoms with van der Waals surface area (Å²) in [6.07, 6.45) is 0.178. The zero-order valence-electron chi connectivity index (χ0n) is 11.9. The van der Waals surface area contributed by atoms with Crippen molar-refractivity contribution in [2.24, 2.45) is 11.8 Å². The van der Waals surface area contributed by atoms with Crippen LogP contribution in [0.4, 0.5) is 0 Å². The van der Waals surface area contributed by atoms with Crippen molar-refractivity contribution in [2.45, 2.75) is 38.1 Å². The molecule has 21 heavy (non-hydrogen) atoms. The van der Waals surface area contributed by atoms with E-state index < -0.39 is 35.6 Å². The topological polar surface area (TPSA) is 101 Å². The van der Waals surface area contributed by atoms with Crippen LogP contribution in [0.5, 0.6) is 0 Å². The summed E-state index contributed by atoms with van der Waals surface area (Å²) in [4.78, 5) is 34.9. The number of allylic oxidation sites excluding steroid dienone is 1. The fraction of sp³-hybridized carbons (Fsp3) is 0.533. The number of Topliss-reactive ketones (excluding diaryl/α,β-unsaturated/α-hetero) is 1. The first kappa shape index (κ1) is 15.6. The van der Waals surface area contributed by atoms with Crippen molar-refractivity contribution in [3.8, 4) is 0 Å². The third kappa shape index (κ3) is 2.69. The lowest BCUT2D eigenvalue weighted by Crippen LogP contribution is -2.46. The van der Waals surface area contributed by atoms with E-state index in [1.165, 1.54) is 26.0 Å². The molecule has 0 spiro atoms. The molecule has 2 aliphatic rings. The molecule has 1 saturated heterocycles. The molecule has 1 fully saturated rings. The van der Waals surface area contributed by atoms with Crippen LogP contribution in [0.2, 0.25) is 0 Å². The molecule has 1 aliphatic heterocycles. The van der Waals surface area contributed by atoms with Crippen LogP contribution < -0.4 is 0 Å². The lowest BCUT2D eigenvalue weighted by atomic mass is 9.77. The fourth-order valence-corrected chi connectivity index (χ4v) is 3.00. The molecule has 0 aromatic heterocycles. The molecule has 2 N–H and O–H groups in total. The van der Waals surface area contributed by atoms with Crippen LogP contribution in [0.1, 0.15) is 20.3 Å². The predicted molar refractivity (Wildman–Crippen MR) is 72.1 cm³/mol. The number of cyclic esters (lactones) is 1. The van der Waals surface area contributed by atoms with Gasteiger partial charge in [0.05, 0.1) is 23.5 Å². The molecule has 6 heteroatoms. The number of esters is 1. The molecule has 0 unspecified atom stereocenters. The van der Waals surface area contributed by atoms with Crippen molar-refractivity contribution in [3.63, 3.8) is 0 Å². The SMILES string of the molecule is C=C1C(=O)O[C@H]([C@@H]2C(=O)C=C[C@]2(C)O)[C@H]1[C@@H](O)CC(C)=O. The fourth-order valence-electron chi connectivity index (χ4n) is 3.00. The van der Waals surface area contributed by atoms with Crippen LogP contribution in [0.25, 0.3) is 0 Å². The highest BCUT2D eigenvalue weighted by atomic mass is 16.6. The van der Waals surface area contributed by atoms with Gasteiger partial charge in [0.25, 0.3) is 0 Å². The van der Waals surface area contributed by atoms with E-state index in [-0.39, 0.29) is 23.6 Å². The Morgan fingerprint density at radius 2 is 2.14 bits per heavy atom. The van der Waals surface area contributed by atoms with Gasteiger partial charge in [-0.15, -0.1) is 0 Å². The molecule has 114 valence electrons. The first-order valence-electron chi connectivity index (χ1n) is 6.68. The first-order valence-corrected chi connectivity index (χ1v) is 6.68. The van der Waals surface area contributed by atoms with Crippen LogP contribution in [0.15, 0.2) is 24.3 Å². The molecule has 5 atom stereocenters. The highest BCUT2D eigenvalue weighted by molar-refractivity contribution is 5.98. The van der Waals surface area contributed by atoms with E-state index in [1.807, 2.05) is 0 Å². The minimum Gasteiger partial charge on any atom is -0.457 e. The molecule has 0 aromatic carbocycles. The summed E-state index contributed by atoms with van der Waals surface area (Å²) in [5.74, 6) is -3.25. The lowest BCUT2D eigenvalue weighted by molar-refractivity contribution is -0.149. The Morgan fingerprint density at radius 1 is 1.52 bits per heavy atom. The summed E-state index contributed by atoms with van der Waals surface area (Å²) in [7, 11) is 0. The van der Waals surface area contributed by atoms with Gasteiger partial charge in [-0.25, -0.2) is 4.79 Å². The van der Waals surface area contributed by atoms with Gasteiger partial charge in [0.1, 0.15) is 11.9 Å². The molecule has 0 radical (unpaired) electrons. The van der Waals surface area contributed by atoms with Crippen LogP contribution in [-0.4, -0.2) is 45.6 Å². The first-order chi connectivity index (χ1) is 9.65. The van der Waals surface area contributed by atoms with Crippen LogP contribution in [0, 0.1) is 11.8 Å². The van der Waals surface area contributed by atoms with Gasteiger partial charge in [0.15, 0.2) is 5.78 Å². The second-order valence-electron chi connectivity index (χ2n) is 5.83. The van der Waals surface area contributed by atoms with E-state index >= 15 is 0 Å². The van der Waals surface area contributed by atoms with Gasteiger partial charge in [-0.1, -0.05) is 6.58 Å². The summed E-state index contributed by atoms with van der Waals surface area (Å²) < 4.78 is 5.15. The molecule has 1 aliphatic carbocycles. The number of hydrogen-bond acceptors (Lipinski definition) is 6. The van der Waals surface area contributed by atoms with E-state index in [2.05, 4.69) is 6.58 Å². The van der Waals surface area contributed by atoms with Crippen molar-refractivity contribution in [2.75, 3.05) is 0 Å². The minimum atomic E-state index is -1.47. The van der Waals surface area contributed by atoms with Gasteiger partial charge in [-0.05, 0) is 26.0 Å². The van der Waals surface area contributed by atoms with Gasteiger partial charge in [-0.2, -0.15) is 0 Å². The quantitative estimate of drug-likeness (QED) is 0.556. The Hall–Kier alpha value is -1.79. The maximum atomic E-state index is 12.0. The van der Waals surface area contributed by atoms with Crippen LogP contribution >= 0.6 is 0 Å². The maximum absolute atomic E-state index is 12.0. The highest BCUT2D eigenvalue weighted by Gasteiger charge is 2.55. The number of ether oxygens (including phenoxy) is 1. The predicted octanol–water partition coefficient (Wildman–Crippen LogP) is -0.0697. The summed E-state index contributed by atoms with van der Waals surface area (Å²) in [5, 5.41) is 20.4. The second kappa shape index (κ2) is 5.20. The number of ketones is 2. The van der Waals surface area contributed by atoms with E-state index in [4.69, 9.17) is 4.74 Å². The van der Waals surface area contributed by atoms with Crippen molar-refractivity contribution >= 4 is 17.5 Å². The van der Waals surface area contributed by atoms with E-state index in [0.29, 0.717) is 0 Å². The number of carbonyl (C=O) groups is 3. The maximum Gasteiger partial charge on any atom is 0.334 e. The summed E-state index contributed by atoms with van der Waals surface area (Å²) in [6, 6.07) is 0. The molecule has 0 saturated carbocycles. The molecular weight excluding hydrogens is 276 g/mol. The average molecular weight is 294 g/mol. The van der Waals surface area contributed by atoms with Gasteiger partial charge < -0.3 is 14.9 Å². The molecule has 2 rings (SSSR count). The highest BCUT2D eigenvalue weighted by Crippen LogP contribution is 2.41. The Balaban J connectivity index is 2.33. The number of aliphatic hydroxyl groups excluding tert-OH is 1. The standard InChI is InChI=1S/C15H18O6/c1-7(16)6-10(18)11-8(2)14(19)21-13(11)12-9(17)4-5-15(12,3)20/h4-5,10-13,18,20H,2,6H2,1,3H3/t10-,11+,12-,13-,15-/m0/s1. The summed E-state index contributed by atoms with van der Waals surface area (Å²) in [5.41, 5.74) is -1.45. The zero-order chi connectivity index (χ0) is 15.9. The smallest absolute Gasteiger partial charge is 0.334 e. The second-order valence-corrected chi connectivity index (χ2v) is 5.83. The number of aliphatic hydroxyl groups is 2. The average Bonchev–Trinajstić information content (AvgIpc) is 2.76. The van der Waals surface area contributed by atoms with Gasteiger partial charge >= 0.3 is 5.97 Å². The number of hydrogen-bond donors (Lipinski definition) is 2. The van der Waals surface area contributed by atoms with Crippen LogP contribution in [0.3, 0.4) is 0 Å². The van der Waals surface area contributed by atoms with Crippen LogP contribution in [-0.2, 0) is 19.1 Å². The zero-order valence-corrected chi connectivity index (χ0v) is 11.9. The molecule has 0 aromatic rings. The number of rotatable bonds is 4. The Kier molecular flexibility index (Phi) is 3.86. The van der Waals surface area contributed by atoms with Gasteiger partial charge in [0, 0.05) is 12.0 Å². The van der Waals surface area contributed by atoms with Crippen molar-refractivity contribution in [1.29, 1.82) is 0 Å². The van der Waals surface area contributed by atoms with E-state index in [1.54, 1.807) is 0 Å². The van der Waals surface area contributed by atoms with Gasteiger partial charge in [-0.3, -0.25) is 9.59 Å². The Labute approximate surface area is 122 Å². The molecule has 1 heterocycles. The lowest BCUT2D eigenvalue weighted by Gasteiger charge is -2.32. The van der Waals surface area contributed by atoms with Gasteiger partial charge in [0.2, 0.25) is 0 Å². The minimum absolute atomic E-state index is 0.0178. The third-order valence-electron chi connectivity index (χ3n) is 4.02. The molecular formula is C15H18O6. The van der Waals surface area contributed by atoms with E-state index in [9.17, 15) is 24.6 Å². The number of carbonyl (C=O) groups excluding carboxylic acids is 3. The van der Waals surface area contributed by atoms with Crippen molar-refractivity contribution in [1.82, 2.24) is 0 Å². The molecule has 0 amide bonds. The van der Waals surface area contributed by atoms with E-state index in [0.717, 1.165) is 0 Å².